The van der Waals surface area contributed by atoms with E-state index in [1.54, 1.807) is 23.3 Å². The van der Waals surface area contributed by atoms with Crippen LogP contribution in [0.4, 0.5) is 10.8 Å². The number of thioether (sulfide) groups is 1. The molecule has 2 rings (SSSR count). The number of aromatic nitrogens is 1. The zero-order chi connectivity index (χ0) is 18.2. The Morgan fingerprint density at radius 2 is 2.24 bits per heavy atom. The number of carbonyl (C=O) groups is 2. The largest absolute Gasteiger partial charge is 0.340 e. The number of nitro benzene ring substituents is 1. The third-order valence-corrected chi connectivity index (χ3v) is 4.55. The lowest BCUT2D eigenvalue weighted by molar-refractivity contribution is -0.384. The Balaban J connectivity index is 2.09. The predicted molar refractivity (Wildman–Crippen MR) is 98.1 cm³/mol. The average Bonchev–Trinajstić information content (AvgIpc) is 3.11. The van der Waals surface area contributed by atoms with Crippen LogP contribution in [0.25, 0.3) is 0 Å². The van der Waals surface area contributed by atoms with Gasteiger partial charge in [0.2, 0.25) is 5.91 Å². The van der Waals surface area contributed by atoms with Crippen LogP contribution in [0.3, 0.4) is 0 Å². The van der Waals surface area contributed by atoms with Crippen LogP contribution >= 0.6 is 23.1 Å². The second-order valence-corrected chi connectivity index (χ2v) is 6.82. The summed E-state index contributed by atoms with van der Waals surface area (Å²) in [5.41, 5.74) is -0.0500. The van der Waals surface area contributed by atoms with E-state index in [1.165, 1.54) is 35.6 Å². The Kier molecular flexibility index (Phi) is 6.90. The van der Waals surface area contributed by atoms with E-state index in [9.17, 15) is 19.7 Å². The van der Waals surface area contributed by atoms with Crippen molar-refractivity contribution in [1.82, 2.24) is 10.3 Å². The van der Waals surface area contributed by atoms with Crippen molar-refractivity contribution >= 4 is 45.7 Å². The van der Waals surface area contributed by atoms with Gasteiger partial charge in [-0.1, -0.05) is 6.07 Å². The Labute approximate surface area is 152 Å². The van der Waals surface area contributed by atoms with Crippen molar-refractivity contribution in [2.24, 2.45) is 0 Å². The number of nitrogens with one attached hydrogen (secondary N) is 2. The number of non-ortho nitro benzene ring substituents is 1. The highest BCUT2D eigenvalue weighted by atomic mass is 32.2. The standard InChI is InChI=1S/C15H16N4O4S2/c1-24-7-5-12(14(21)18-15-16-6-8-25-15)17-13(20)10-3-2-4-11(9-10)19(22)23/h2-4,6,8-9,12H,5,7H2,1H3,(H,17,20)(H,16,18,21)/t12-/m0/s1. The van der Waals surface area contributed by atoms with Crippen molar-refractivity contribution in [3.05, 3.63) is 51.5 Å². The van der Waals surface area contributed by atoms with Crippen molar-refractivity contribution in [2.45, 2.75) is 12.5 Å². The van der Waals surface area contributed by atoms with Gasteiger partial charge in [-0.15, -0.1) is 11.3 Å². The predicted octanol–water partition coefficient (Wildman–Crippen LogP) is 2.54. The number of carbonyl (C=O) groups excluding carboxylic acids is 2. The average molecular weight is 380 g/mol. The number of nitrogens with zero attached hydrogens (tertiary/aromatic N) is 2. The van der Waals surface area contributed by atoms with E-state index in [2.05, 4.69) is 15.6 Å². The van der Waals surface area contributed by atoms with E-state index in [0.717, 1.165) is 0 Å². The fourth-order valence-electron chi connectivity index (χ4n) is 1.98. The molecule has 0 saturated carbocycles. The number of amides is 2. The van der Waals surface area contributed by atoms with E-state index < -0.39 is 16.9 Å². The van der Waals surface area contributed by atoms with Gasteiger partial charge >= 0.3 is 0 Å². The quantitative estimate of drug-likeness (QED) is 0.537. The van der Waals surface area contributed by atoms with Gasteiger partial charge in [-0.2, -0.15) is 11.8 Å². The maximum absolute atomic E-state index is 12.4. The molecule has 0 saturated heterocycles. The van der Waals surface area contributed by atoms with Crippen LogP contribution in [0.5, 0.6) is 0 Å². The van der Waals surface area contributed by atoms with E-state index in [4.69, 9.17) is 0 Å². The summed E-state index contributed by atoms with van der Waals surface area (Å²) in [6.45, 7) is 0. The third kappa shape index (κ3) is 5.54. The molecule has 0 radical (unpaired) electrons. The summed E-state index contributed by atoms with van der Waals surface area (Å²) >= 11 is 2.83. The lowest BCUT2D eigenvalue weighted by Gasteiger charge is -2.17. The first kappa shape index (κ1) is 18.9. The van der Waals surface area contributed by atoms with E-state index in [0.29, 0.717) is 17.3 Å². The zero-order valence-corrected chi connectivity index (χ0v) is 14.9. The number of hydrogen-bond donors (Lipinski definition) is 2. The van der Waals surface area contributed by atoms with Crippen molar-refractivity contribution in [3.8, 4) is 0 Å². The topological polar surface area (TPSA) is 114 Å². The highest BCUT2D eigenvalue weighted by Gasteiger charge is 2.22. The summed E-state index contributed by atoms with van der Waals surface area (Å²) in [5.74, 6) is -0.239. The molecule has 0 unspecified atom stereocenters. The molecule has 0 spiro atoms. The molecule has 10 heteroatoms. The molecule has 0 fully saturated rings. The van der Waals surface area contributed by atoms with Gasteiger partial charge in [0.25, 0.3) is 11.6 Å². The molecule has 2 amide bonds. The highest BCUT2D eigenvalue weighted by molar-refractivity contribution is 7.98. The first-order valence-corrected chi connectivity index (χ1v) is 9.53. The maximum atomic E-state index is 12.4. The molecule has 0 aliphatic carbocycles. The number of benzene rings is 1. The molecule has 2 aromatic rings. The van der Waals surface area contributed by atoms with Crippen LogP contribution in [0, 0.1) is 10.1 Å². The summed E-state index contributed by atoms with van der Waals surface area (Å²) in [7, 11) is 0. The molecule has 1 aromatic heterocycles. The smallest absolute Gasteiger partial charge is 0.270 e. The van der Waals surface area contributed by atoms with Gasteiger partial charge in [0, 0.05) is 29.3 Å². The summed E-state index contributed by atoms with van der Waals surface area (Å²) in [6.07, 6.45) is 3.90. The zero-order valence-electron chi connectivity index (χ0n) is 13.3. The Bertz CT molecular complexity index is 752. The molecule has 2 N–H and O–H groups in total. The van der Waals surface area contributed by atoms with Gasteiger partial charge in [-0.05, 0) is 24.5 Å². The molecule has 0 bridgehead atoms. The van der Waals surface area contributed by atoms with Crippen molar-refractivity contribution in [3.63, 3.8) is 0 Å². The van der Waals surface area contributed by atoms with Crippen molar-refractivity contribution in [1.29, 1.82) is 0 Å². The van der Waals surface area contributed by atoms with Gasteiger partial charge in [0.05, 0.1) is 4.92 Å². The first-order valence-electron chi connectivity index (χ1n) is 7.26. The van der Waals surface area contributed by atoms with Gasteiger partial charge in [0.1, 0.15) is 6.04 Å². The number of anilines is 1. The molecule has 1 aromatic carbocycles. The molecular formula is C15H16N4O4S2. The summed E-state index contributed by atoms with van der Waals surface area (Å²) in [5, 5.41) is 18.3. The molecule has 132 valence electrons. The van der Waals surface area contributed by atoms with Gasteiger partial charge < -0.3 is 10.6 Å². The Hall–Kier alpha value is -2.46. The fraction of sp³-hybridized carbons (Fsp3) is 0.267. The fourth-order valence-corrected chi connectivity index (χ4v) is 2.99. The van der Waals surface area contributed by atoms with Crippen LogP contribution in [0.15, 0.2) is 35.8 Å². The van der Waals surface area contributed by atoms with Crippen LogP contribution in [0.2, 0.25) is 0 Å². The molecule has 0 aliphatic rings. The summed E-state index contributed by atoms with van der Waals surface area (Å²) in [4.78, 5) is 39.0. The minimum absolute atomic E-state index is 0.130. The maximum Gasteiger partial charge on any atom is 0.270 e. The minimum atomic E-state index is -0.761. The molecule has 0 aliphatic heterocycles. The Morgan fingerprint density at radius 1 is 1.44 bits per heavy atom. The van der Waals surface area contributed by atoms with Crippen molar-refractivity contribution in [2.75, 3.05) is 17.3 Å². The molecular weight excluding hydrogens is 364 g/mol. The van der Waals surface area contributed by atoms with Crippen LogP contribution in [0.1, 0.15) is 16.8 Å². The van der Waals surface area contributed by atoms with Crippen LogP contribution in [-0.4, -0.2) is 39.8 Å². The number of rotatable bonds is 8. The SMILES string of the molecule is CSCC[C@H](NC(=O)c1cccc([N+](=O)[O-])c1)C(=O)Nc1nccs1. The third-order valence-electron chi connectivity index (χ3n) is 3.21. The second kappa shape index (κ2) is 9.14. The lowest BCUT2D eigenvalue weighted by atomic mass is 10.1. The molecule has 25 heavy (non-hydrogen) atoms. The van der Waals surface area contributed by atoms with Crippen molar-refractivity contribution < 1.29 is 14.5 Å². The van der Waals surface area contributed by atoms with Crippen LogP contribution in [-0.2, 0) is 4.79 Å². The first-order chi connectivity index (χ1) is 12.0. The normalized spacial score (nSPS) is 11.6. The minimum Gasteiger partial charge on any atom is -0.340 e. The molecule has 1 heterocycles. The number of nitro groups is 1. The Morgan fingerprint density at radius 3 is 2.88 bits per heavy atom. The molecule has 8 nitrogen and oxygen atoms in total. The number of thiazole rings is 1. The van der Waals surface area contributed by atoms with E-state index >= 15 is 0 Å². The van der Waals surface area contributed by atoms with E-state index in [1.807, 2.05) is 6.26 Å². The highest BCUT2D eigenvalue weighted by Crippen LogP contribution is 2.15. The summed E-state index contributed by atoms with van der Waals surface area (Å²) < 4.78 is 0. The van der Waals surface area contributed by atoms with Gasteiger partial charge in [-0.3, -0.25) is 19.7 Å². The van der Waals surface area contributed by atoms with E-state index in [-0.39, 0.29) is 17.2 Å². The lowest BCUT2D eigenvalue weighted by Crippen LogP contribution is -2.44. The second-order valence-electron chi connectivity index (χ2n) is 4.94. The van der Waals surface area contributed by atoms with Gasteiger partial charge in [0.15, 0.2) is 5.13 Å². The van der Waals surface area contributed by atoms with Crippen LogP contribution < -0.4 is 10.6 Å². The molecule has 1 atom stereocenters. The monoisotopic (exact) mass is 380 g/mol. The number of hydrogen-bond acceptors (Lipinski definition) is 7. The summed E-state index contributed by atoms with van der Waals surface area (Å²) in [6, 6.07) is 4.62. The van der Waals surface area contributed by atoms with Gasteiger partial charge in [-0.25, -0.2) is 4.98 Å².